The monoisotopic (exact) mass is 485 g/mol. The molecule has 3 nitrogen and oxygen atoms in total. The largest absolute Gasteiger partial charge is 0.362 e. The molecular weight excluding hydrogens is 465 g/mol. The molecule has 0 radical (unpaired) electrons. The van der Waals surface area contributed by atoms with E-state index >= 15 is 0 Å². The number of rotatable bonds is 4. The van der Waals surface area contributed by atoms with Gasteiger partial charge in [-0.05, 0) is 71.7 Å². The molecule has 2 aromatic rings. The number of anilines is 1. The number of nitrogens with one attached hydrogen (secondary N) is 2. The standard InChI is InChI=1S/C20H22BrCl2N3S/c1-13-17(23)11-16(21)18(25-13)26-19(27)24-12-20(9-3-2-4-10-20)14-5-7-15(22)8-6-14/h5-8,11H,2-4,9-10,12H2,1H3,(H2,24,25,26,27). The lowest BCUT2D eigenvalue weighted by Gasteiger charge is -2.38. The summed E-state index contributed by atoms with van der Waals surface area (Å²) >= 11 is 21.2. The maximum absolute atomic E-state index is 6.10. The van der Waals surface area contributed by atoms with Crippen LogP contribution in [0.2, 0.25) is 10.0 Å². The van der Waals surface area contributed by atoms with Crippen LogP contribution in [0.1, 0.15) is 43.4 Å². The van der Waals surface area contributed by atoms with Crippen molar-refractivity contribution in [1.82, 2.24) is 10.3 Å². The number of aromatic nitrogens is 1. The molecule has 0 unspecified atom stereocenters. The highest BCUT2D eigenvalue weighted by Gasteiger charge is 2.34. The number of aryl methyl sites for hydroxylation is 1. The van der Waals surface area contributed by atoms with Gasteiger partial charge in [0.1, 0.15) is 5.82 Å². The van der Waals surface area contributed by atoms with Crippen molar-refractivity contribution >= 4 is 62.3 Å². The average molecular weight is 487 g/mol. The zero-order valence-corrected chi connectivity index (χ0v) is 19.0. The first-order valence-electron chi connectivity index (χ1n) is 9.03. The lowest BCUT2D eigenvalue weighted by atomic mass is 9.69. The van der Waals surface area contributed by atoms with Crippen LogP contribution in [0.15, 0.2) is 34.8 Å². The van der Waals surface area contributed by atoms with Crippen LogP contribution in [-0.2, 0) is 5.41 Å². The van der Waals surface area contributed by atoms with Crippen molar-refractivity contribution in [3.63, 3.8) is 0 Å². The Morgan fingerprint density at radius 2 is 1.85 bits per heavy atom. The summed E-state index contributed by atoms with van der Waals surface area (Å²) in [6.45, 7) is 2.65. The number of benzene rings is 1. The van der Waals surface area contributed by atoms with E-state index in [0.29, 0.717) is 16.0 Å². The van der Waals surface area contributed by atoms with E-state index < -0.39 is 0 Å². The van der Waals surface area contributed by atoms with E-state index in [4.69, 9.17) is 35.4 Å². The van der Waals surface area contributed by atoms with Crippen molar-refractivity contribution in [2.75, 3.05) is 11.9 Å². The van der Waals surface area contributed by atoms with Gasteiger partial charge in [-0.1, -0.05) is 54.6 Å². The second kappa shape index (κ2) is 9.08. The van der Waals surface area contributed by atoms with E-state index in [2.05, 4.69) is 43.7 Å². The average Bonchev–Trinajstić information content (AvgIpc) is 2.66. The maximum Gasteiger partial charge on any atom is 0.172 e. The minimum Gasteiger partial charge on any atom is -0.362 e. The topological polar surface area (TPSA) is 37.0 Å². The summed E-state index contributed by atoms with van der Waals surface area (Å²) in [6.07, 6.45) is 6.04. The van der Waals surface area contributed by atoms with Crippen molar-refractivity contribution in [1.29, 1.82) is 0 Å². The van der Waals surface area contributed by atoms with E-state index in [9.17, 15) is 0 Å². The highest BCUT2D eigenvalue weighted by atomic mass is 79.9. The molecule has 1 aromatic carbocycles. The molecule has 27 heavy (non-hydrogen) atoms. The predicted octanol–water partition coefficient (Wildman–Crippen LogP) is 6.65. The quantitative estimate of drug-likeness (QED) is 0.474. The molecule has 1 aliphatic carbocycles. The van der Waals surface area contributed by atoms with Gasteiger partial charge in [0.15, 0.2) is 5.11 Å². The van der Waals surface area contributed by atoms with E-state index in [1.165, 1.54) is 24.8 Å². The summed E-state index contributed by atoms with van der Waals surface area (Å²) in [4.78, 5) is 4.46. The number of hydrogen-bond donors (Lipinski definition) is 2. The Morgan fingerprint density at radius 1 is 1.19 bits per heavy atom. The van der Waals surface area contributed by atoms with Crippen molar-refractivity contribution in [2.45, 2.75) is 44.4 Å². The van der Waals surface area contributed by atoms with Crippen LogP contribution in [0.5, 0.6) is 0 Å². The lowest BCUT2D eigenvalue weighted by Crippen LogP contribution is -2.43. The molecular formula is C20H22BrCl2N3S. The first kappa shape index (κ1) is 20.8. The Hall–Kier alpha value is -0.880. The molecule has 0 spiro atoms. The number of halogens is 3. The fraction of sp³-hybridized carbons (Fsp3) is 0.400. The molecule has 144 valence electrons. The van der Waals surface area contributed by atoms with Crippen molar-refractivity contribution < 1.29 is 0 Å². The lowest BCUT2D eigenvalue weighted by molar-refractivity contribution is 0.292. The zero-order chi connectivity index (χ0) is 19.4. The Bertz CT molecular complexity index is 821. The summed E-state index contributed by atoms with van der Waals surface area (Å²) in [6, 6.07) is 10.1. The van der Waals surface area contributed by atoms with Crippen LogP contribution in [0, 0.1) is 6.92 Å². The third kappa shape index (κ3) is 5.14. The number of nitrogens with zero attached hydrogens (tertiary/aromatic N) is 1. The predicted molar refractivity (Wildman–Crippen MR) is 122 cm³/mol. The van der Waals surface area contributed by atoms with Gasteiger partial charge in [-0.3, -0.25) is 0 Å². The normalized spacial score (nSPS) is 16.0. The summed E-state index contributed by atoms with van der Waals surface area (Å²) in [5.41, 5.74) is 2.16. The van der Waals surface area contributed by atoms with Crippen LogP contribution in [0.3, 0.4) is 0 Å². The molecule has 1 saturated carbocycles. The molecule has 0 bridgehead atoms. The van der Waals surface area contributed by atoms with E-state index in [0.717, 1.165) is 34.6 Å². The van der Waals surface area contributed by atoms with Crippen LogP contribution in [-0.4, -0.2) is 16.6 Å². The van der Waals surface area contributed by atoms with Crippen molar-refractivity contribution in [3.8, 4) is 0 Å². The van der Waals surface area contributed by atoms with Gasteiger partial charge in [-0.25, -0.2) is 4.98 Å². The van der Waals surface area contributed by atoms with Gasteiger partial charge < -0.3 is 10.6 Å². The Kier molecular flexibility index (Phi) is 7.01. The smallest absolute Gasteiger partial charge is 0.172 e. The molecule has 0 aliphatic heterocycles. The molecule has 2 N–H and O–H groups in total. The molecule has 0 saturated heterocycles. The van der Waals surface area contributed by atoms with Crippen LogP contribution >= 0.6 is 51.3 Å². The van der Waals surface area contributed by atoms with Crippen molar-refractivity contribution in [3.05, 3.63) is 56.1 Å². The molecule has 1 heterocycles. The van der Waals surface area contributed by atoms with E-state index in [-0.39, 0.29) is 5.41 Å². The summed E-state index contributed by atoms with van der Waals surface area (Å²) in [5.74, 6) is 0.665. The van der Waals surface area contributed by atoms with Crippen LogP contribution in [0.25, 0.3) is 0 Å². The molecule has 0 amide bonds. The Morgan fingerprint density at radius 3 is 2.52 bits per heavy atom. The van der Waals surface area contributed by atoms with Gasteiger partial charge in [0, 0.05) is 17.0 Å². The summed E-state index contributed by atoms with van der Waals surface area (Å²) < 4.78 is 0.785. The second-order valence-corrected chi connectivity index (χ2v) is 9.15. The second-order valence-electron chi connectivity index (χ2n) is 7.04. The summed E-state index contributed by atoms with van der Waals surface area (Å²) in [7, 11) is 0. The molecule has 1 aromatic heterocycles. The molecule has 7 heteroatoms. The molecule has 1 fully saturated rings. The molecule has 0 atom stereocenters. The Labute approximate surface area is 184 Å². The van der Waals surface area contributed by atoms with Gasteiger partial charge in [0.2, 0.25) is 0 Å². The minimum atomic E-state index is 0.0785. The van der Waals surface area contributed by atoms with Gasteiger partial charge in [-0.2, -0.15) is 0 Å². The van der Waals surface area contributed by atoms with Gasteiger partial charge in [0.05, 0.1) is 15.2 Å². The maximum atomic E-state index is 6.10. The molecule has 3 rings (SSSR count). The van der Waals surface area contributed by atoms with Crippen molar-refractivity contribution in [2.24, 2.45) is 0 Å². The fourth-order valence-electron chi connectivity index (χ4n) is 3.65. The first-order chi connectivity index (χ1) is 12.9. The highest BCUT2D eigenvalue weighted by Crippen LogP contribution is 2.39. The summed E-state index contributed by atoms with van der Waals surface area (Å²) in [5, 5.41) is 8.53. The zero-order valence-electron chi connectivity index (χ0n) is 15.1. The van der Waals surface area contributed by atoms with Gasteiger partial charge in [0.25, 0.3) is 0 Å². The third-order valence-electron chi connectivity index (χ3n) is 5.19. The fourth-order valence-corrected chi connectivity index (χ4v) is 4.64. The van der Waals surface area contributed by atoms with Crippen LogP contribution in [0.4, 0.5) is 5.82 Å². The van der Waals surface area contributed by atoms with E-state index in [1.54, 1.807) is 0 Å². The minimum absolute atomic E-state index is 0.0785. The SMILES string of the molecule is Cc1nc(NC(=S)NCC2(c3ccc(Cl)cc3)CCCCC2)c(Br)cc1Cl. The third-order valence-corrected chi connectivity index (χ3v) is 6.68. The number of thiocarbonyl (C=S) groups is 1. The van der Waals surface area contributed by atoms with Crippen LogP contribution < -0.4 is 10.6 Å². The molecule has 1 aliphatic rings. The van der Waals surface area contributed by atoms with Gasteiger partial charge >= 0.3 is 0 Å². The number of pyridine rings is 1. The van der Waals surface area contributed by atoms with E-state index in [1.807, 2.05) is 25.1 Å². The van der Waals surface area contributed by atoms with Gasteiger partial charge in [-0.15, -0.1) is 0 Å². The Balaban J connectivity index is 1.71. The highest BCUT2D eigenvalue weighted by molar-refractivity contribution is 9.10. The number of hydrogen-bond acceptors (Lipinski definition) is 2. The first-order valence-corrected chi connectivity index (χ1v) is 11.0.